The molecule has 0 unspecified atom stereocenters. The lowest BCUT2D eigenvalue weighted by Crippen LogP contribution is -2.54. The van der Waals surface area contributed by atoms with Gasteiger partial charge in [-0.3, -0.25) is 10.1 Å². The van der Waals surface area contributed by atoms with Crippen LogP contribution >= 0.6 is 0 Å². The minimum Gasteiger partial charge on any atom is -0.468 e. The second-order valence-electron chi connectivity index (χ2n) is 4.59. The third-order valence-electron chi connectivity index (χ3n) is 3.70. The second-order valence-corrected chi connectivity index (χ2v) is 4.59. The molecular weight excluding hydrogens is 202 g/mol. The minimum atomic E-state index is -0.464. The molecule has 0 aliphatic heterocycles. The molecular formula is C13H23NO2. The van der Waals surface area contributed by atoms with Crippen molar-refractivity contribution in [2.45, 2.75) is 44.6 Å². The predicted octanol–water partition coefficient (Wildman–Crippen LogP) is 2.27. The molecule has 0 amide bonds. The van der Waals surface area contributed by atoms with Gasteiger partial charge in [0, 0.05) is 6.54 Å². The summed E-state index contributed by atoms with van der Waals surface area (Å²) in [6, 6.07) is 0. The molecule has 0 aromatic carbocycles. The van der Waals surface area contributed by atoms with Crippen LogP contribution in [-0.2, 0) is 9.53 Å². The lowest BCUT2D eigenvalue weighted by molar-refractivity contribution is -0.150. The number of hydrogen-bond donors (Lipinski definition) is 1. The highest BCUT2D eigenvalue weighted by atomic mass is 16.5. The Morgan fingerprint density at radius 3 is 2.62 bits per heavy atom. The van der Waals surface area contributed by atoms with E-state index in [4.69, 9.17) is 4.74 Å². The number of rotatable bonds is 5. The molecule has 3 heteroatoms. The lowest BCUT2D eigenvalue weighted by Gasteiger charge is -2.38. The normalized spacial score (nSPS) is 29.8. The summed E-state index contributed by atoms with van der Waals surface area (Å²) in [6.07, 6.45) is 6.97. The second kappa shape index (κ2) is 6.04. The Morgan fingerprint density at radius 2 is 2.19 bits per heavy atom. The Bertz CT molecular complexity index is 242. The first kappa shape index (κ1) is 13.2. The molecule has 0 spiro atoms. The van der Waals surface area contributed by atoms with Gasteiger partial charge in [-0.2, -0.15) is 0 Å². The highest BCUT2D eigenvalue weighted by molar-refractivity contribution is 5.80. The number of ether oxygens (including phenoxy) is 1. The van der Waals surface area contributed by atoms with E-state index in [9.17, 15) is 4.79 Å². The van der Waals surface area contributed by atoms with Gasteiger partial charge in [0.25, 0.3) is 0 Å². The summed E-state index contributed by atoms with van der Waals surface area (Å²) in [6.45, 7) is 6.55. The van der Waals surface area contributed by atoms with E-state index in [0.717, 1.165) is 31.6 Å². The summed E-state index contributed by atoms with van der Waals surface area (Å²) < 4.78 is 4.92. The van der Waals surface area contributed by atoms with Crippen molar-refractivity contribution in [2.24, 2.45) is 5.92 Å². The van der Waals surface area contributed by atoms with Crippen molar-refractivity contribution in [3.63, 3.8) is 0 Å². The van der Waals surface area contributed by atoms with E-state index in [2.05, 4.69) is 18.8 Å². The summed E-state index contributed by atoms with van der Waals surface area (Å²) in [7, 11) is 1.46. The Labute approximate surface area is 98.2 Å². The maximum Gasteiger partial charge on any atom is 0.326 e. The van der Waals surface area contributed by atoms with Gasteiger partial charge in [0.2, 0.25) is 0 Å². The molecule has 1 aliphatic rings. The van der Waals surface area contributed by atoms with E-state index in [1.165, 1.54) is 13.5 Å². The quantitative estimate of drug-likeness (QED) is 0.576. The molecule has 0 bridgehead atoms. The molecule has 0 radical (unpaired) electrons. The smallest absolute Gasteiger partial charge is 0.326 e. The fourth-order valence-corrected chi connectivity index (χ4v) is 2.49. The molecule has 1 saturated carbocycles. The van der Waals surface area contributed by atoms with Gasteiger partial charge >= 0.3 is 5.97 Å². The summed E-state index contributed by atoms with van der Waals surface area (Å²) in [5, 5.41) is 3.29. The molecule has 92 valence electrons. The van der Waals surface area contributed by atoms with Crippen molar-refractivity contribution in [1.29, 1.82) is 0 Å². The van der Waals surface area contributed by atoms with E-state index in [1.54, 1.807) is 6.08 Å². The number of carbonyl (C=O) groups is 1. The van der Waals surface area contributed by atoms with E-state index in [0.29, 0.717) is 6.54 Å². The average Bonchev–Trinajstić information content (AvgIpc) is 2.36. The maximum absolute atomic E-state index is 11.9. The number of carbonyl (C=O) groups excluding carboxylic acids is 1. The van der Waals surface area contributed by atoms with Gasteiger partial charge in [-0.1, -0.05) is 19.4 Å². The third-order valence-corrected chi connectivity index (χ3v) is 3.70. The highest BCUT2D eigenvalue weighted by Gasteiger charge is 2.41. The molecule has 0 aromatic rings. The molecule has 1 N–H and O–H groups in total. The summed E-state index contributed by atoms with van der Waals surface area (Å²) >= 11 is 0. The van der Waals surface area contributed by atoms with Crippen LogP contribution in [0.1, 0.15) is 39.0 Å². The molecule has 0 aromatic heterocycles. The zero-order chi connectivity index (χ0) is 12.0. The van der Waals surface area contributed by atoms with E-state index in [-0.39, 0.29) is 5.97 Å². The van der Waals surface area contributed by atoms with Gasteiger partial charge in [0.1, 0.15) is 5.54 Å². The van der Waals surface area contributed by atoms with Crippen molar-refractivity contribution in [1.82, 2.24) is 5.32 Å². The van der Waals surface area contributed by atoms with Crippen LogP contribution in [0, 0.1) is 5.92 Å². The minimum absolute atomic E-state index is 0.121. The first-order chi connectivity index (χ1) is 7.68. The Kier molecular flexibility index (Phi) is 5.00. The number of nitrogens with one attached hydrogen (secondary N) is 1. The van der Waals surface area contributed by atoms with Crippen LogP contribution in [0.3, 0.4) is 0 Å². The third kappa shape index (κ3) is 2.85. The topological polar surface area (TPSA) is 38.3 Å². The van der Waals surface area contributed by atoms with Crippen molar-refractivity contribution in [2.75, 3.05) is 13.7 Å². The van der Waals surface area contributed by atoms with Crippen LogP contribution in [0.25, 0.3) is 0 Å². The molecule has 1 aliphatic carbocycles. The predicted molar refractivity (Wildman–Crippen MR) is 65.2 cm³/mol. The SMILES string of the molecule is C=CCNC1(C(=O)OC)CCC(CC)CC1. The summed E-state index contributed by atoms with van der Waals surface area (Å²) in [5.74, 6) is 0.646. The molecule has 0 atom stereocenters. The number of methoxy groups -OCH3 is 1. The molecule has 16 heavy (non-hydrogen) atoms. The zero-order valence-corrected chi connectivity index (χ0v) is 10.4. The molecule has 1 fully saturated rings. The monoisotopic (exact) mass is 225 g/mol. The van der Waals surface area contributed by atoms with Gasteiger partial charge in [-0.15, -0.1) is 6.58 Å². The highest BCUT2D eigenvalue weighted by Crippen LogP contribution is 2.34. The van der Waals surface area contributed by atoms with Gasteiger partial charge < -0.3 is 4.74 Å². The first-order valence-corrected chi connectivity index (χ1v) is 6.13. The Morgan fingerprint density at radius 1 is 1.56 bits per heavy atom. The van der Waals surface area contributed by atoms with Crippen LogP contribution in [0.4, 0.5) is 0 Å². The molecule has 1 rings (SSSR count). The van der Waals surface area contributed by atoms with Gasteiger partial charge in [-0.05, 0) is 31.6 Å². The number of esters is 1. The number of hydrogen-bond acceptors (Lipinski definition) is 3. The molecule has 0 heterocycles. The van der Waals surface area contributed by atoms with Crippen LogP contribution in [0.2, 0.25) is 0 Å². The molecule has 0 saturated heterocycles. The fourth-order valence-electron chi connectivity index (χ4n) is 2.49. The summed E-state index contributed by atoms with van der Waals surface area (Å²) in [4.78, 5) is 11.9. The lowest BCUT2D eigenvalue weighted by atomic mass is 9.75. The van der Waals surface area contributed by atoms with Crippen LogP contribution < -0.4 is 5.32 Å². The van der Waals surface area contributed by atoms with Crippen molar-refractivity contribution < 1.29 is 9.53 Å². The zero-order valence-electron chi connectivity index (χ0n) is 10.4. The van der Waals surface area contributed by atoms with Crippen LogP contribution in [0.15, 0.2) is 12.7 Å². The van der Waals surface area contributed by atoms with Crippen LogP contribution in [-0.4, -0.2) is 25.2 Å². The van der Waals surface area contributed by atoms with Crippen molar-refractivity contribution >= 4 is 5.97 Å². The Balaban J connectivity index is 2.66. The largest absolute Gasteiger partial charge is 0.468 e. The van der Waals surface area contributed by atoms with E-state index in [1.807, 2.05) is 0 Å². The standard InChI is InChI=1S/C13H23NO2/c1-4-10-14-13(12(15)16-3)8-6-11(5-2)7-9-13/h4,11,14H,1,5-10H2,2-3H3. The van der Waals surface area contributed by atoms with Gasteiger partial charge in [-0.25, -0.2) is 0 Å². The maximum atomic E-state index is 11.9. The average molecular weight is 225 g/mol. The first-order valence-electron chi connectivity index (χ1n) is 6.13. The van der Waals surface area contributed by atoms with E-state index < -0.39 is 5.54 Å². The summed E-state index contributed by atoms with van der Waals surface area (Å²) in [5.41, 5.74) is -0.464. The van der Waals surface area contributed by atoms with Crippen LogP contribution in [0.5, 0.6) is 0 Å². The Hall–Kier alpha value is -0.830. The van der Waals surface area contributed by atoms with Crippen molar-refractivity contribution in [3.8, 4) is 0 Å². The van der Waals surface area contributed by atoms with Gasteiger partial charge in [0.05, 0.1) is 7.11 Å². The van der Waals surface area contributed by atoms with E-state index >= 15 is 0 Å². The molecule has 3 nitrogen and oxygen atoms in total. The fraction of sp³-hybridized carbons (Fsp3) is 0.769. The van der Waals surface area contributed by atoms with Crippen molar-refractivity contribution in [3.05, 3.63) is 12.7 Å². The van der Waals surface area contributed by atoms with Gasteiger partial charge in [0.15, 0.2) is 0 Å².